The maximum absolute atomic E-state index is 13.0. The predicted octanol–water partition coefficient (Wildman–Crippen LogP) is 22.7. The Morgan fingerprint density at radius 2 is 0.671 bits per heavy atom. The molecule has 0 amide bonds. The molecule has 0 saturated heterocycles. The minimum absolute atomic E-state index is 0.179. The van der Waals surface area contributed by atoms with Crippen molar-refractivity contribution >= 4 is 17.9 Å². The Kier molecular flexibility index (Phi) is 64.6. The SMILES string of the molecule is CC/C=C\C/C=C\C/C=C\C/C=C\CCCCCCCCCCCCCCCCCCC(=O)OC(COC(=O)CCCCCCCCCCCCCCCCCCCCC/C=C\CCCCCCCCCC)COC(OCC[N+](C)(C)C)C(=O)O. The van der Waals surface area contributed by atoms with Gasteiger partial charge in [0.15, 0.2) is 6.10 Å². The summed E-state index contributed by atoms with van der Waals surface area (Å²) < 4.78 is 23.0. The third-order valence-corrected chi connectivity index (χ3v) is 16.3. The number of unbranched alkanes of at least 4 members (excludes halogenated alkanes) is 43. The molecule has 0 aliphatic carbocycles. The number of likely N-dealkylation sites (N-methyl/N-ethyl adjacent to an activating group) is 1. The van der Waals surface area contributed by atoms with E-state index in [-0.39, 0.29) is 38.2 Å². The van der Waals surface area contributed by atoms with E-state index in [0.717, 1.165) is 64.2 Å². The molecule has 0 aromatic heterocycles. The summed E-state index contributed by atoms with van der Waals surface area (Å²) in [6.07, 6.45) is 84.9. The fourth-order valence-corrected chi connectivity index (χ4v) is 10.7. The van der Waals surface area contributed by atoms with Gasteiger partial charge in [0, 0.05) is 12.8 Å². The third kappa shape index (κ3) is 68.3. The molecule has 0 aromatic rings. The predicted molar refractivity (Wildman–Crippen MR) is 364 cm³/mol. The van der Waals surface area contributed by atoms with Crippen molar-refractivity contribution in [1.29, 1.82) is 0 Å². The summed E-state index contributed by atoms with van der Waals surface area (Å²) in [5.74, 6) is -1.98. The Morgan fingerprint density at radius 3 is 1.01 bits per heavy atom. The lowest BCUT2D eigenvalue weighted by molar-refractivity contribution is -0.870. The molecule has 0 fully saturated rings. The van der Waals surface area contributed by atoms with Crippen LogP contribution in [0.15, 0.2) is 60.8 Å². The second kappa shape index (κ2) is 66.9. The topological polar surface area (TPSA) is 108 Å². The number of esters is 2. The number of nitrogens with zero attached hydrogens (tertiary/aromatic N) is 1. The number of rotatable bonds is 68. The molecule has 85 heavy (non-hydrogen) atoms. The van der Waals surface area contributed by atoms with Gasteiger partial charge < -0.3 is 28.5 Å². The maximum Gasteiger partial charge on any atom is 0.361 e. The van der Waals surface area contributed by atoms with Gasteiger partial charge in [0.1, 0.15) is 13.2 Å². The highest BCUT2D eigenvalue weighted by Gasteiger charge is 2.25. The fraction of sp³-hybridized carbons (Fsp3) is 0.829. The monoisotopic (exact) mass is 1200 g/mol. The van der Waals surface area contributed by atoms with Crippen molar-refractivity contribution in [3.8, 4) is 0 Å². The van der Waals surface area contributed by atoms with Crippen molar-refractivity contribution in [2.24, 2.45) is 0 Å². The van der Waals surface area contributed by atoms with Gasteiger partial charge in [-0.1, -0.05) is 319 Å². The van der Waals surface area contributed by atoms with Crippen LogP contribution in [0.5, 0.6) is 0 Å². The molecule has 0 radical (unpaired) electrons. The van der Waals surface area contributed by atoms with E-state index in [4.69, 9.17) is 18.9 Å². The van der Waals surface area contributed by atoms with E-state index >= 15 is 0 Å². The van der Waals surface area contributed by atoms with Gasteiger partial charge in [-0.15, -0.1) is 0 Å². The number of hydrogen-bond acceptors (Lipinski definition) is 7. The third-order valence-electron chi connectivity index (χ3n) is 16.3. The zero-order valence-corrected chi connectivity index (χ0v) is 56.8. The molecular formula is C76H140NO8+. The standard InChI is InChI=1S/C76H139NO8/c1-6-8-10-12-14-16-18-20-22-24-26-28-30-32-34-36-37-39-40-42-44-46-48-50-52-54-56-58-60-62-64-66-73(78)83-70-72(71-84-76(75(80)81)82-69-68-77(3,4)5)85-74(79)67-65-63-61-59-57-55-53-51-49-47-45-43-41-38-35-33-31-29-27-25-23-21-19-17-15-13-11-9-7-2/h9,11,15,17,21,23-24,26-27,29,72,76H,6-8,10,12-14,16,18-20,22,25,28,30-71H2,1-5H3/p+1/b11-9-,17-15-,23-21-,26-24-,29-27-. The van der Waals surface area contributed by atoms with Crippen LogP contribution in [-0.2, 0) is 33.3 Å². The number of carboxylic acid groups (broad SMARTS) is 1. The minimum atomic E-state index is -1.51. The Hall–Kier alpha value is -3.01. The molecule has 0 aliphatic rings. The van der Waals surface area contributed by atoms with Crippen LogP contribution in [-0.4, -0.2) is 87.4 Å². The highest BCUT2D eigenvalue weighted by atomic mass is 16.7. The first kappa shape index (κ1) is 82.0. The van der Waals surface area contributed by atoms with Crippen molar-refractivity contribution < 1.29 is 42.9 Å². The molecule has 0 aliphatic heterocycles. The number of carbonyl (C=O) groups is 3. The van der Waals surface area contributed by atoms with Crippen LogP contribution in [0.25, 0.3) is 0 Å². The first-order valence-electron chi connectivity index (χ1n) is 36.5. The number of aliphatic carboxylic acids is 1. The molecule has 9 heteroatoms. The van der Waals surface area contributed by atoms with Gasteiger partial charge >= 0.3 is 17.9 Å². The Morgan fingerprint density at radius 1 is 0.365 bits per heavy atom. The van der Waals surface area contributed by atoms with E-state index in [2.05, 4.69) is 74.6 Å². The highest BCUT2D eigenvalue weighted by Crippen LogP contribution is 2.19. The first-order valence-corrected chi connectivity index (χ1v) is 36.5. The average molecular weight is 1200 g/mol. The van der Waals surface area contributed by atoms with Gasteiger partial charge in [-0.05, 0) is 77.0 Å². The average Bonchev–Trinajstić information content (AvgIpc) is 3.48. The molecule has 0 spiro atoms. The molecule has 2 atom stereocenters. The molecule has 0 aromatic carbocycles. The normalized spacial score (nSPS) is 13.0. The Bertz CT molecular complexity index is 1580. The van der Waals surface area contributed by atoms with Gasteiger partial charge in [0.05, 0.1) is 34.4 Å². The van der Waals surface area contributed by atoms with Crippen molar-refractivity contribution in [2.45, 2.75) is 360 Å². The fourth-order valence-electron chi connectivity index (χ4n) is 10.7. The molecule has 496 valence electrons. The van der Waals surface area contributed by atoms with Crippen LogP contribution in [0.4, 0.5) is 0 Å². The van der Waals surface area contributed by atoms with E-state index in [0.29, 0.717) is 17.4 Å². The molecule has 1 N–H and O–H groups in total. The van der Waals surface area contributed by atoms with E-state index in [9.17, 15) is 19.5 Å². The van der Waals surface area contributed by atoms with Crippen LogP contribution in [0.1, 0.15) is 348 Å². The molecule has 0 rings (SSSR count). The lowest BCUT2D eigenvalue weighted by atomic mass is 10.0. The maximum atomic E-state index is 13.0. The summed E-state index contributed by atoms with van der Waals surface area (Å²) in [4.78, 5) is 37.7. The summed E-state index contributed by atoms with van der Waals surface area (Å²) in [5, 5.41) is 9.75. The number of quaternary nitrogens is 1. The second-order valence-electron chi connectivity index (χ2n) is 25.9. The summed E-state index contributed by atoms with van der Waals surface area (Å²) >= 11 is 0. The van der Waals surface area contributed by atoms with Crippen molar-refractivity contribution in [3.05, 3.63) is 60.8 Å². The van der Waals surface area contributed by atoms with Crippen molar-refractivity contribution in [2.75, 3.05) is 47.5 Å². The lowest BCUT2D eigenvalue weighted by Gasteiger charge is -2.25. The summed E-state index contributed by atoms with van der Waals surface area (Å²) in [6.45, 7) is 4.82. The minimum Gasteiger partial charge on any atom is -0.477 e. The summed E-state index contributed by atoms with van der Waals surface area (Å²) in [5.41, 5.74) is 0. The number of carbonyl (C=O) groups excluding carboxylic acids is 2. The van der Waals surface area contributed by atoms with Crippen molar-refractivity contribution in [1.82, 2.24) is 0 Å². The highest BCUT2D eigenvalue weighted by molar-refractivity contribution is 5.71. The Balaban J connectivity index is 4.05. The van der Waals surface area contributed by atoms with E-state index < -0.39 is 18.4 Å². The molecule has 2 unspecified atom stereocenters. The second-order valence-corrected chi connectivity index (χ2v) is 25.9. The van der Waals surface area contributed by atoms with Gasteiger partial charge in [-0.2, -0.15) is 0 Å². The number of hydrogen-bond donors (Lipinski definition) is 1. The Labute approximate surface area is 526 Å². The zero-order valence-electron chi connectivity index (χ0n) is 56.8. The van der Waals surface area contributed by atoms with Crippen molar-refractivity contribution in [3.63, 3.8) is 0 Å². The van der Waals surface area contributed by atoms with E-state index in [1.54, 1.807) is 0 Å². The summed E-state index contributed by atoms with van der Waals surface area (Å²) in [6, 6.07) is 0. The van der Waals surface area contributed by atoms with Gasteiger partial charge in [0.2, 0.25) is 0 Å². The quantitative estimate of drug-likeness (QED) is 0.0211. The molecule has 9 nitrogen and oxygen atoms in total. The largest absolute Gasteiger partial charge is 0.477 e. The van der Waals surface area contributed by atoms with Gasteiger partial charge in [0.25, 0.3) is 6.29 Å². The number of ether oxygens (including phenoxy) is 4. The van der Waals surface area contributed by atoms with Crippen LogP contribution < -0.4 is 0 Å². The van der Waals surface area contributed by atoms with E-state index in [1.165, 1.54) is 257 Å². The summed E-state index contributed by atoms with van der Waals surface area (Å²) in [7, 11) is 5.99. The first-order chi connectivity index (χ1) is 41.6. The van der Waals surface area contributed by atoms with Crippen LogP contribution in [0.3, 0.4) is 0 Å². The van der Waals surface area contributed by atoms with Crippen LogP contribution in [0, 0.1) is 0 Å². The molecular weight excluding hydrogens is 1050 g/mol. The number of allylic oxidation sites excluding steroid dienone is 10. The zero-order chi connectivity index (χ0) is 61.9. The molecule has 0 bridgehead atoms. The van der Waals surface area contributed by atoms with Crippen LogP contribution in [0.2, 0.25) is 0 Å². The molecule has 0 saturated carbocycles. The smallest absolute Gasteiger partial charge is 0.361 e. The van der Waals surface area contributed by atoms with Gasteiger partial charge in [-0.3, -0.25) is 9.59 Å². The molecule has 0 heterocycles. The number of carboxylic acids is 1. The van der Waals surface area contributed by atoms with E-state index in [1.807, 2.05) is 21.1 Å². The van der Waals surface area contributed by atoms with Crippen LogP contribution >= 0.6 is 0 Å². The lowest BCUT2D eigenvalue weighted by Crippen LogP contribution is -2.40. The van der Waals surface area contributed by atoms with Gasteiger partial charge in [-0.25, -0.2) is 4.79 Å².